The molecule has 1 saturated heterocycles. The number of nitrogens with zero attached hydrogens (tertiary/aromatic N) is 3. The molecule has 1 fully saturated rings. The lowest BCUT2D eigenvalue weighted by molar-refractivity contribution is -0.385. The maximum atomic E-state index is 12.8. The van der Waals surface area contributed by atoms with E-state index < -0.39 is 14.9 Å². The summed E-state index contributed by atoms with van der Waals surface area (Å²) in [6, 6.07) is 12.9. The first-order valence-electron chi connectivity index (χ1n) is 8.71. The summed E-state index contributed by atoms with van der Waals surface area (Å²) in [5.41, 5.74) is -0.223. The van der Waals surface area contributed by atoms with Crippen molar-refractivity contribution in [2.75, 3.05) is 38.5 Å². The molecule has 1 aliphatic heterocycles. The van der Waals surface area contributed by atoms with Crippen molar-refractivity contribution >= 4 is 39.1 Å². The van der Waals surface area contributed by atoms with Gasteiger partial charge < -0.3 is 0 Å². The Labute approximate surface area is 173 Å². The molecule has 28 heavy (non-hydrogen) atoms. The fraction of sp³-hybridized carbons (Fsp3) is 0.333. The number of hydrogen-bond acceptors (Lipinski definition) is 6. The highest BCUT2D eigenvalue weighted by Gasteiger charge is 2.29. The molecule has 2 aromatic rings. The monoisotopic (exact) mass is 441 g/mol. The lowest BCUT2D eigenvalue weighted by Gasteiger charge is -2.33. The van der Waals surface area contributed by atoms with Gasteiger partial charge in [0.2, 0.25) is 10.0 Å². The first-order valence-corrected chi connectivity index (χ1v) is 11.5. The summed E-state index contributed by atoms with van der Waals surface area (Å²) in [6.45, 7) is 2.87. The lowest BCUT2D eigenvalue weighted by atomic mass is 10.3. The summed E-state index contributed by atoms with van der Waals surface area (Å²) in [5, 5.41) is 11.6. The van der Waals surface area contributed by atoms with Crippen molar-refractivity contribution in [2.45, 2.75) is 9.79 Å². The highest BCUT2D eigenvalue weighted by Crippen LogP contribution is 2.23. The van der Waals surface area contributed by atoms with Gasteiger partial charge in [0.15, 0.2) is 0 Å². The molecule has 0 saturated carbocycles. The van der Waals surface area contributed by atoms with E-state index in [-0.39, 0.29) is 10.6 Å². The van der Waals surface area contributed by atoms with Crippen LogP contribution in [0.2, 0.25) is 5.02 Å². The zero-order valence-electron chi connectivity index (χ0n) is 15.0. The fourth-order valence-electron chi connectivity index (χ4n) is 2.92. The molecule has 1 heterocycles. The van der Waals surface area contributed by atoms with E-state index in [0.717, 1.165) is 23.3 Å². The van der Waals surface area contributed by atoms with Crippen LogP contribution < -0.4 is 0 Å². The van der Waals surface area contributed by atoms with E-state index in [9.17, 15) is 18.5 Å². The summed E-state index contributed by atoms with van der Waals surface area (Å²) >= 11 is 7.62. The van der Waals surface area contributed by atoms with Gasteiger partial charge in [-0.15, -0.1) is 11.8 Å². The number of rotatable bonds is 7. The van der Waals surface area contributed by atoms with Gasteiger partial charge in [-0.3, -0.25) is 15.0 Å². The zero-order valence-corrected chi connectivity index (χ0v) is 17.4. The molecule has 1 aliphatic rings. The van der Waals surface area contributed by atoms with Crippen molar-refractivity contribution < 1.29 is 13.3 Å². The minimum absolute atomic E-state index is 0.0338. The molecule has 0 bridgehead atoms. The van der Waals surface area contributed by atoms with Gasteiger partial charge >= 0.3 is 0 Å². The van der Waals surface area contributed by atoms with Crippen molar-refractivity contribution in [1.29, 1.82) is 0 Å². The van der Waals surface area contributed by atoms with Crippen molar-refractivity contribution in [3.8, 4) is 0 Å². The third-order valence-corrected chi connectivity index (χ3v) is 7.63. The topological polar surface area (TPSA) is 83.8 Å². The molecule has 0 unspecified atom stereocenters. The van der Waals surface area contributed by atoms with E-state index in [1.807, 2.05) is 24.3 Å². The molecule has 0 radical (unpaired) electrons. The molecule has 3 rings (SSSR count). The fourth-order valence-corrected chi connectivity index (χ4v) is 5.43. The summed E-state index contributed by atoms with van der Waals surface area (Å²) in [4.78, 5) is 13.7. The molecule has 7 nitrogen and oxygen atoms in total. The van der Waals surface area contributed by atoms with E-state index in [1.165, 1.54) is 22.5 Å². The van der Waals surface area contributed by atoms with Crippen molar-refractivity contribution in [1.82, 2.24) is 9.21 Å². The quantitative estimate of drug-likeness (QED) is 0.372. The second kappa shape index (κ2) is 9.23. The van der Waals surface area contributed by atoms with E-state index >= 15 is 0 Å². The third kappa shape index (κ3) is 5.24. The molecular formula is C18H20ClN3O4S2. The van der Waals surface area contributed by atoms with Crippen LogP contribution in [0.5, 0.6) is 0 Å². The standard InChI is InChI=1S/C18H20ClN3O4S2/c19-15-4-6-17(7-5-15)27-13-12-20-8-10-21(11-9-20)28(25,26)18-3-1-2-16(14-18)22(23)24/h1-7,14H,8-13H2. The van der Waals surface area contributed by atoms with Crippen molar-refractivity contribution in [2.24, 2.45) is 0 Å². The summed E-state index contributed by atoms with van der Waals surface area (Å²) in [7, 11) is -3.72. The SMILES string of the molecule is O=[N+]([O-])c1cccc(S(=O)(=O)N2CCN(CCSc3ccc(Cl)cc3)CC2)c1. The predicted octanol–water partition coefficient (Wildman–Crippen LogP) is 3.35. The molecule has 0 aromatic heterocycles. The van der Waals surface area contributed by atoms with E-state index in [4.69, 9.17) is 11.6 Å². The number of hydrogen-bond donors (Lipinski definition) is 0. The van der Waals surface area contributed by atoms with Crippen LogP contribution in [-0.2, 0) is 10.0 Å². The lowest BCUT2D eigenvalue weighted by Crippen LogP contribution is -2.49. The first kappa shape index (κ1) is 21.1. The largest absolute Gasteiger partial charge is 0.300 e. The van der Waals surface area contributed by atoms with E-state index in [2.05, 4.69) is 4.90 Å². The normalized spacial score (nSPS) is 16.2. The second-order valence-corrected chi connectivity index (χ2v) is 9.85. The molecule has 0 atom stereocenters. The van der Waals surface area contributed by atoms with Crippen LogP contribution in [0.25, 0.3) is 0 Å². The Morgan fingerprint density at radius 1 is 1.07 bits per heavy atom. The van der Waals surface area contributed by atoms with Crippen LogP contribution >= 0.6 is 23.4 Å². The Balaban J connectivity index is 1.52. The Morgan fingerprint density at radius 3 is 2.39 bits per heavy atom. The molecule has 10 heteroatoms. The van der Waals surface area contributed by atoms with Gasteiger partial charge in [0.1, 0.15) is 0 Å². The van der Waals surface area contributed by atoms with Crippen LogP contribution in [0.3, 0.4) is 0 Å². The Bertz CT molecular complexity index is 930. The van der Waals surface area contributed by atoms with Crippen LogP contribution in [0.1, 0.15) is 0 Å². The Hall–Kier alpha value is -1.65. The highest BCUT2D eigenvalue weighted by molar-refractivity contribution is 7.99. The summed E-state index contributed by atoms with van der Waals surface area (Å²) in [5.74, 6) is 0.902. The summed E-state index contributed by atoms with van der Waals surface area (Å²) < 4.78 is 26.9. The Morgan fingerprint density at radius 2 is 1.75 bits per heavy atom. The van der Waals surface area contributed by atoms with Crippen molar-refractivity contribution in [3.05, 3.63) is 63.7 Å². The number of halogens is 1. The number of non-ortho nitro benzene ring substituents is 1. The first-order chi connectivity index (χ1) is 13.4. The number of piperazine rings is 1. The highest BCUT2D eigenvalue weighted by atomic mass is 35.5. The number of benzene rings is 2. The molecule has 0 amide bonds. The van der Waals surface area contributed by atoms with Crippen LogP contribution in [0, 0.1) is 10.1 Å². The van der Waals surface area contributed by atoms with Gasteiger partial charge in [0.05, 0.1) is 9.82 Å². The molecule has 150 valence electrons. The minimum atomic E-state index is -3.72. The number of sulfonamides is 1. The predicted molar refractivity (Wildman–Crippen MR) is 110 cm³/mol. The zero-order chi connectivity index (χ0) is 20.1. The van der Waals surface area contributed by atoms with Gasteiger partial charge in [0, 0.05) is 60.5 Å². The number of thioether (sulfide) groups is 1. The molecule has 0 spiro atoms. The molecule has 0 aliphatic carbocycles. The Kier molecular flexibility index (Phi) is 6.95. The average molecular weight is 442 g/mol. The second-order valence-electron chi connectivity index (χ2n) is 6.30. The van der Waals surface area contributed by atoms with E-state index in [0.29, 0.717) is 31.2 Å². The maximum Gasteiger partial charge on any atom is 0.270 e. The van der Waals surface area contributed by atoms with Gasteiger partial charge in [-0.1, -0.05) is 17.7 Å². The van der Waals surface area contributed by atoms with Crippen LogP contribution in [0.15, 0.2) is 58.3 Å². The maximum absolute atomic E-state index is 12.8. The smallest absolute Gasteiger partial charge is 0.270 e. The number of nitro groups is 1. The van der Waals surface area contributed by atoms with Crippen LogP contribution in [-0.4, -0.2) is 61.0 Å². The minimum Gasteiger partial charge on any atom is -0.300 e. The van der Waals surface area contributed by atoms with Crippen LogP contribution in [0.4, 0.5) is 5.69 Å². The molecule has 2 aromatic carbocycles. The number of nitro benzene ring substituents is 1. The van der Waals surface area contributed by atoms with Gasteiger partial charge in [0.25, 0.3) is 5.69 Å². The summed E-state index contributed by atoms with van der Waals surface area (Å²) in [6.07, 6.45) is 0. The molecule has 0 N–H and O–H groups in total. The van der Waals surface area contributed by atoms with Gasteiger partial charge in [-0.05, 0) is 30.3 Å². The molecular weight excluding hydrogens is 422 g/mol. The van der Waals surface area contributed by atoms with Gasteiger partial charge in [-0.2, -0.15) is 4.31 Å². The van der Waals surface area contributed by atoms with Crippen molar-refractivity contribution in [3.63, 3.8) is 0 Å². The average Bonchev–Trinajstić information content (AvgIpc) is 2.70. The van der Waals surface area contributed by atoms with Gasteiger partial charge in [-0.25, -0.2) is 8.42 Å². The third-order valence-electron chi connectivity index (χ3n) is 4.49. The van der Waals surface area contributed by atoms with E-state index in [1.54, 1.807) is 11.8 Å².